The molecule has 0 N–H and O–H groups in total. The van der Waals surface area contributed by atoms with E-state index in [0.29, 0.717) is 24.2 Å². The van der Waals surface area contributed by atoms with E-state index >= 15 is 0 Å². The number of nitrogens with zero attached hydrogens (tertiary/aromatic N) is 6. The van der Waals surface area contributed by atoms with Crippen LogP contribution in [0.25, 0.3) is 11.4 Å². The highest BCUT2D eigenvalue weighted by Gasteiger charge is 2.27. The molecule has 1 fully saturated rings. The molecule has 3 aromatic heterocycles. The van der Waals surface area contributed by atoms with Crippen LogP contribution in [-0.2, 0) is 13.0 Å². The van der Waals surface area contributed by atoms with Crippen LogP contribution in [0.5, 0.6) is 0 Å². The Morgan fingerprint density at radius 1 is 1.15 bits per heavy atom. The molecule has 1 atom stereocenters. The van der Waals surface area contributed by atoms with Crippen LogP contribution in [0, 0.1) is 5.92 Å². The van der Waals surface area contributed by atoms with Crippen molar-refractivity contribution in [2.45, 2.75) is 45.6 Å². The molecule has 0 aliphatic carbocycles. The summed E-state index contributed by atoms with van der Waals surface area (Å²) in [4.78, 5) is 15.4. The minimum absolute atomic E-state index is 0.259. The van der Waals surface area contributed by atoms with E-state index in [4.69, 9.17) is 9.05 Å². The lowest BCUT2D eigenvalue weighted by Crippen LogP contribution is -2.34. The van der Waals surface area contributed by atoms with Crippen LogP contribution in [0.2, 0.25) is 0 Å². The number of hydrogen-bond acceptors (Lipinski definition) is 8. The van der Waals surface area contributed by atoms with E-state index in [1.54, 1.807) is 12.4 Å². The highest BCUT2D eigenvalue weighted by Crippen LogP contribution is 2.27. The van der Waals surface area contributed by atoms with E-state index in [1.165, 1.54) is 0 Å². The largest absolute Gasteiger partial charge is 0.339 e. The van der Waals surface area contributed by atoms with Gasteiger partial charge in [0.05, 0.1) is 12.5 Å². The van der Waals surface area contributed by atoms with Crippen molar-refractivity contribution in [1.82, 2.24) is 30.2 Å². The molecule has 3 aromatic rings. The number of rotatable bonds is 6. The Morgan fingerprint density at radius 3 is 2.81 bits per heavy atom. The van der Waals surface area contributed by atoms with Gasteiger partial charge < -0.3 is 9.05 Å². The first kappa shape index (κ1) is 17.8. The van der Waals surface area contributed by atoms with E-state index < -0.39 is 0 Å². The predicted molar refractivity (Wildman–Crippen MR) is 97.6 cm³/mol. The molecule has 0 bridgehead atoms. The van der Waals surface area contributed by atoms with Crippen molar-refractivity contribution in [2.75, 3.05) is 13.1 Å². The first-order valence-corrected chi connectivity index (χ1v) is 9.45. The molecule has 4 rings (SSSR count). The van der Waals surface area contributed by atoms with Gasteiger partial charge in [0, 0.05) is 30.9 Å². The second-order valence-electron chi connectivity index (χ2n) is 7.47. The normalized spacial score (nSPS) is 18.3. The van der Waals surface area contributed by atoms with Crippen LogP contribution >= 0.6 is 0 Å². The molecule has 4 heterocycles. The molecule has 27 heavy (non-hydrogen) atoms. The van der Waals surface area contributed by atoms with Crippen molar-refractivity contribution in [1.29, 1.82) is 0 Å². The third kappa shape index (κ3) is 4.39. The van der Waals surface area contributed by atoms with E-state index in [1.807, 2.05) is 12.1 Å². The van der Waals surface area contributed by atoms with Crippen LogP contribution in [0.3, 0.4) is 0 Å². The van der Waals surface area contributed by atoms with Crippen LogP contribution < -0.4 is 0 Å². The smallest absolute Gasteiger partial charge is 0.241 e. The molecule has 0 radical (unpaired) electrons. The zero-order valence-electron chi connectivity index (χ0n) is 15.7. The number of likely N-dealkylation sites (tertiary alicyclic amines) is 1. The highest BCUT2D eigenvalue weighted by molar-refractivity contribution is 5.52. The van der Waals surface area contributed by atoms with Gasteiger partial charge in [-0.25, -0.2) is 0 Å². The Kier molecular flexibility index (Phi) is 5.24. The molecule has 0 amide bonds. The number of hydrogen-bond donors (Lipinski definition) is 0. The Bertz CT molecular complexity index is 860. The van der Waals surface area contributed by atoms with Gasteiger partial charge in [0.1, 0.15) is 0 Å². The fourth-order valence-corrected chi connectivity index (χ4v) is 3.41. The minimum Gasteiger partial charge on any atom is -0.339 e. The summed E-state index contributed by atoms with van der Waals surface area (Å²) in [5.41, 5.74) is 0.903. The lowest BCUT2D eigenvalue weighted by molar-refractivity contribution is 0.162. The molecule has 1 aliphatic heterocycles. The van der Waals surface area contributed by atoms with Crippen LogP contribution in [0.15, 0.2) is 33.6 Å². The quantitative estimate of drug-likeness (QED) is 0.655. The molecule has 0 aromatic carbocycles. The van der Waals surface area contributed by atoms with Gasteiger partial charge >= 0.3 is 0 Å². The molecule has 0 unspecified atom stereocenters. The number of pyridine rings is 1. The molecule has 8 heteroatoms. The van der Waals surface area contributed by atoms with Gasteiger partial charge in [-0.15, -0.1) is 0 Å². The van der Waals surface area contributed by atoms with Gasteiger partial charge in [-0.3, -0.25) is 9.88 Å². The van der Waals surface area contributed by atoms with E-state index in [9.17, 15) is 0 Å². The van der Waals surface area contributed by atoms with E-state index in [0.717, 1.165) is 49.6 Å². The molecule has 1 saturated heterocycles. The van der Waals surface area contributed by atoms with Crippen LogP contribution in [0.4, 0.5) is 0 Å². The number of piperidine rings is 1. The summed E-state index contributed by atoms with van der Waals surface area (Å²) in [6, 6.07) is 3.74. The third-order valence-electron chi connectivity index (χ3n) is 4.69. The standard InChI is InChI=1S/C19H24N6O2/c1-13(2)10-16-21-19(27-23-16)15-4-3-9-25(11-15)12-17-22-18(24-26-17)14-5-7-20-8-6-14/h5-8,13,15H,3-4,9-12H2,1-2H3/t15-/m0/s1. The van der Waals surface area contributed by atoms with Gasteiger partial charge in [0.15, 0.2) is 5.82 Å². The maximum absolute atomic E-state index is 5.52. The zero-order chi connectivity index (χ0) is 18.6. The molecule has 0 saturated carbocycles. The lowest BCUT2D eigenvalue weighted by atomic mass is 9.98. The van der Waals surface area contributed by atoms with Crippen molar-refractivity contribution in [2.24, 2.45) is 5.92 Å². The molecule has 1 aliphatic rings. The first-order chi connectivity index (χ1) is 13.2. The van der Waals surface area contributed by atoms with Crippen molar-refractivity contribution >= 4 is 0 Å². The second kappa shape index (κ2) is 7.96. The summed E-state index contributed by atoms with van der Waals surface area (Å²) < 4.78 is 11.0. The SMILES string of the molecule is CC(C)Cc1noc([C@H]2CCCN(Cc3nc(-c4ccncc4)no3)C2)n1. The Hall–Kier alpha value is -2.61. The molecule has 0 spiro atoms. The molecular formula is C19H24N6O2. The van der Waals surface area contributed by atoms with Crippen molar-refractivity contribution in [3.63, 3.8) is 0 Å². The summed E-state index contributed by atoms with van der Waals surface area (Å²) in [5, 5.41) is 8.21. The summed E-state index contributed by atoms with van der Waals surface area (Å²) >= 11 is 0. The number of aromatic nitrogens is 5. The van der Waals surface area contributed by atoms with Gasteiger partial charge in [-0.05, 0) is 37.4 Å². The van der Waals surface area contributed by atoms with Crippen molar-refractivity contribution in [3.05, 3.63) is 42.1 Å². The van der Waals surface area contributed by atoms with Crippen LogP contribution in [-0.4, -0.2) is 43.3 Å². The topological polar surface area (TPSA) is 94.0 Å². The summed E-state index contributed by atoms with van der Waals surface area (Å²) in [6.07, 6.45) is 6.43. The Balaban J connectivity index is 1.39. The summed E-state index contributed by atoms with van der Waals surface area (Å²) in [5.74, 6) is 3.54. The lowest BCUT2D eigenvalue weighted by Gasteiger charge is -2.29. The van der Waals surface area contributed by atoms with Gasteiger partial charge in [-0.1, -0.05) is 24.2 Å². The zero-order valence-corrected chi connectivity index (χ0v) is 15.7. The second-order valence-corrected chi connectivity index (χ2v) is 7.47. The van der Waals surface area contributed by atoms with Gasteiger partial charge in [-0.2, -0.15) is 9.97 Å². The van der Waals surface area contributed by atoms with Crippen molar-refractivity contribution < 1.29 is 9.05 Å². The summed E-state index contributed by atoms with van der Waals surface area (Å²) in [6.45, 7) is 6.79. The van der Waals surface area contributed by atoms with E-state index in [-0.39, 0.29) is 5.92 Å². The summed E-state index contributed by atoms with van der Waals surface area (Å²) in [7, 11) is 0. The molecule has 8 nitrogen and oxygen atoms in total. The monoisotopic (exact) mass is 368 g/mol. The first-order valence-electron chi connectivity index (χ1n) is 9.45. The van der Waals surface area contributed by atoms with Gasteiger partial charge in [0.25, 0.3) is 0 Å². The van der Waals surface area contributed by atoms with Crippen LogP contribution in [0.1, 0.15) is 50.2 Å². The van der Waals surface area contributed by atoms with E-state index in [2.05, 4.69) is 44.0 Å². The highest BCUT2D eigenvalue weighted by atomic mass is 16.5. The average molecular weight is 368 g/mol. The predicted octanol–water partition coefficient (Wildman–Crippen LogP) is 3.09. The maximum Gasteiger partial charge on any atom is 0.241 e. The minimum atomic E-state index is 0.259. The maximum atomic E-state index is 5.52. The van der Waals surface area contributed by atoms with Gasteiger partial charge in [0.2, 0.25) is 17.6 Å². The average Bonchev–Trinajstić information content (AvgIpc) is 3.32. The third-order valence-corrected chi connectivity index (χ3v) is 4.69. The van der Waals surface area contributed by atoms with Crippen molar-refractivity contribution in [3.8, 4) is 11.4 Å². The fraction of sp³-hybridized carbons (Fsp3) is 0.526. The molecular weight excluding hydrogens is 344 g/mol. The Labute approximate surface area is 158 Å². The Morgan fingerprint density at radius 2 is 2.00 bits per heavy atom. The molecule has 142 valence electrons. The fourth-order valence-electron chi connectivity index (χ4n) is 3.41.